The molecular formula is C16H18N6OS. The number of benzene rings is 1. The van der Waals surface area contributed by atoms with Crippen LogP contribution in [-0.2, 0) is 5.75 Å². The van der Waals surface area contributed by atoms with Gasteiger partial charge in [-0.15, -0.1) is 10.2 Å². The number of aromatic nitrogens is 3. The molecule has 0 fully saturated rings. The summed E-state index contributed by atoms with van der Waals surface area (Å²) in [5, 5.41) is 12.7. The van der Waals surface area contributed by atoms with Gasteiger partial charge in [0.1, 0.15) is 11.5 Å². The van der Waals surface area contributed by atoms with Crippen molar-refractivity contribution >= 4 is 23.9 Å². The monoisotopic (exact) mass is 342 g/mol. The van der Waals surface area contributed by atoms with E-state index in [4.69, 9.17) is 10.3 Å². The first-order chi connectivity index (χ1) is 11.6. The zero-order chi connectivity index (χ0) is 16.9. The highest BCUT2D eigenvalue weighted by Crippen LogP contribution is 2.23. The Morgan fingerprint density at radius 2 is 2.08 bits per heavy atom. The van der Waals surface area contributed by atoms with Gasteiger partial charge in [-0.1, -0.05) is 36.0 Å². The normalized spacial score (nSPS) is 11.2. The van der Waals surface area contributed by atoms with Gasteiger partial charge >= 0.3 is 0 Å². The Bertz CT molecular complexity index is 854. The van der Waals surface area contributed by atoms with Crippen molar-refractivity contribution in [1.82, 2.24) is 14.9 Å². The molecule has 0 amide bonds. The van der Waals surface area contributed by atoms with E-state index in [2.05, 4.69) is 39.8 Å². The maximum absolute atomic E-state index is 6.00. The fraction of sp³-hybridized carbons (Fsp3) is 0.188. The van der Waals surface area contributed by atoms with E-state index in [-0.39, 0.29) is 0 Å². The number of anilines is 1. The number of hydrazone groups is 1. The van der Waals surface area contributed by atoms with Crippen LogP contribution in [0.4, 0.5) is 5.95 Å². The Kier molecular flexibility index (Phi) is 4.85. The summed E-state index contributed by atoms with van der Waals surface area (Å²) in [5.74, 6) is 8.62. The van der Waals surface area contributed by atoms with Crippen molar-refractivity contribution < 1.29 is 4.42 Å². The molecule has 1 aromatic carbocycles. The number of hydrogen-bond acceptors (Lipinski definition) is 7. The van der Waals surface area contributed by atoms with Gasteiger partial charge in [0.2, 0.25) is 5.16 Å². The third-order valence-electron chi connectivity index (χ3n) is 3.40. The van der Waals surface area contributed by atoms with Crippen molar-refractivity contribution in [2.24, 2.45) is 5.10 Å². The number of furan rings is 1. The number of nitrogens with zero attached hydrogens (tertiary/aromatic N) is 4. The van der Waals surface area contributed by atoms with Crippen LogP contribution in [0.25, 0.3) is 0 Å². The van der Waals surface area contributed by atoms with Gasteiger partial charge < -0.3 is 10.3 Å². The molecule has 7 nitrogen and oxygen atoms in total. The molecule has 0 aliphatic heterocycles. The molecule has 0 aliphatic carbocycles. The number of nitrogens with two attached hydrogens (primary N) is 1. The zero-order valence-corrected chi connectivity index (χ0v) is 14.2. The standard InChI is InChI=1S/C16H18N6OS/c1-11-5-3-4-6-13(11)10-24-16-21-20-15(22(16)17)19-18-9-14-8-7-12(2)23-14/h3-9H,10,17H2,1-2H3,(H,19,20)/b18-9+. The summed E-state index contributed by atoms with van der Waals surface area (Å²) in [6.45, 7) is 3.96. The molecule has 3 aromatic rings. The predicted molar refractivity (Wildman–Crippen MR) is 95.6 cm³/mol. The Morgan fingerprint density at radius 3 is 2.83 bits per heavy atom. The number of nitrogens with one attached hydrogen (secondary N) is 1. The summed E-state index contributed by atoms with van der Waals surface area (Å²) in [6.07, 6.45) is 1.56. The second kappa shape index (κ2) is 7.22. The second-order valence-electron chi connectivity index (χ2n) is 5.21. The van der Waals surface area contributed by atoms with Crippen LogP contribution in [0, 0.1) is 13.8 Å². The van der Waals surface area contributed by atoms with Gasteiger partial charge in [-0.25, -0.2) is 10.1 Å². The smallest absolute Gasteiger partial charge is 0.264 e. The van der Waals surface area contributed by atoms with E-state index >= 15 is 0 Å². The molecule has 124 valence electrons. The number of aryl methyl sites for hydroxylation is 2. The molecule has 2 aromatic heterocycles. The molecule has 0 atom stereocenters. The highest BCUT2D eigenvalue weighted by Gasteiger charge is 2.10. The summed E-state index contributed by atoms with van der Waals surface area (Å²) in [4.78, 5) is 0. The summed E-state index contributed by atoms with van der Waals surface area (Å²) in [7, 11) is 0. The van der Waals surface area contributed by atoms with Crippen LogP contribution < -0.4 is 11.3 Å². The minimum absolute atomic E-state index is 0.363. The highest BCUT2D eigenvalue weighted by atomic mass is 32.2. The molecule has 8 heteroatoms. The van der Waals surface area contributed by atoms with E-state index in [9.17, 15) is 0 Å². The molecule has 0 saturated carbocycles. The molecule has 0 spiro atoms. The molecule has 0 unspecified atom stereocenters. The molecule has 24 heavy (non-hydrogen) atoms. The van der Waals surface area contributed by atoms with Gasteiger partial charge in [0.25, 0.3) is 5.95 Å². The maximum atomic E-state index is 6.00. The third kappa shape index (κ3) is 3.77. The Hall–Kier alpha value is -2.74. The molecule has 3 rings (SSSR count). The Labute approximate surface area is 143 Å². The lowest BCUT2D eigenvalue weighted by Crippen LogP contribution is -2.13. The van der Waals surface area contributed by atoms with Crippen LogP contribution >= 0.6 is 11.8 Å². The first-order valence-corrected chi connectivity index (χ1v) is 8.35. The fourth-order valence-corrected chi connectivity index (χ4v) is 2.98. The van der Waals surface area contributed by atoms with Gasteiger partial charge in [0, 0.05) is 5.75 Å². The van der Waals surface area contributed by atoms with Crippen molar-refractivity contribution in [1.29, 1.82) is 0 Å². The average molecular weight is 342 g/mol. The van der Waals surface area contributed by atoms with E-state index in [1.807, 2.05) is 31.2 Å². The van der Waals surface area contributed by atoms with Gasteiger partial charge in [-0.05, 0) is 37.1 Å². The van der Waals surface area contributed by atoms with Crippen LogP contribution in [0.2, 0.25) is 0 Å². The van der Waals surface area contributed by atoms with Crippen LogP contribution in [0.5, 0.6) is 0 Å². The van der Waals surface area contributed by atoms with E-state index in [0.29, 0.717) is 16.9 Å². The summed E-state index contributed by atoms with van der Waals surface area (Å²) in [6, 6.07) is 11.9. The molecule has 0 bridgehead atoms. The predicted octanol–water partition coefficient (Wildman–Crippen LogP) is 2.94. The molecule has 0 radical (unpaired) electrons. The van der Waals surface area contributed by atoms with Gasteiger partial charge in [-0.3, -0.25) is 0 Å². The first kappa shape index (κ1) is 16.1. The van der Waals surface area contributed by atoms with Crippen LogP contribution in [0.3, 0.4) is 0 Å². The van der Waals surface area contributed by atoms with Gasteiger partial charge in [-0.2, -0.15) is 5.10 Å². The van der Waals surface area contributed by atoms with E-state index < -0.39 is 0 Å². The van der Waals surface area contributed by atoms with Crippen molar-refractivity contribution in [2.75, 3.05) is 11.3 Å². The molecule has 0 aliphatic rings. The summed E-state index contributed by atoms with van der Waals surface area (Å²) < 4.78 is 6.77. The average Bonchev–Trinajstić information content (AvgIpc) is 3.14. The SMILES string of the molecule is Cc1ccc(/C=N/Nc2nnc(SCc3ccccc3C)n2N)o1. The topological polar surface area (TPSA) is 94.3 Å². The first-order valence-electron chi connectivity index (χ1n) is 7.37. The van der Waals surface area contributed by atoms with Crippen LogP contribution in [-0.4, -0.2) is 21.1 Å². The van der Waals surface area contributed by atoms with Gasteiger partial charge in [0.05, 0.1) is 6.21 Å². The fourth-order valence-electron chi connectivity index (χ4n) is 2.04. The van der Waals surface area contributed by atoms with Crippen molar-refractivity contribution in [3.8, 4) is 0 Å². The van der Waals surface area contributed by atoms with Crippen molar-refractivity contribution in [3.63, 3.8) is 0 Å². The number of nitrogen functional groups attached to an aromatic ring is 1. The molecule has 3 N–H and O–H groups in total. The van der Waals surface area contributed by atoms with Gasteiger partial charge in [0.15, 0.2) is 0 Å². The van der Waals surface area contributed by atoms with Crippen molar-refractivity contribution in [3.05, 3.63) is 59.0 Å². The largest absolute Gasteiger partial charge is 0.460 e. The Morgan fingerprint density at radius 1 is 1.25 bits per heavy atom. The maximum Gasteiger partial charge on any atom is 0.264 e. The zero-order valence-electron chi connectivity index (χ0n) is 13.4. The Balaban J connectivity index is 1.61. The minimum atomic E-state index is 0.363. The van der Waals surface area contributed by atoms with E-state index in [1.165, 1.54) is 27.6 Å². The quantitative estimate of drug-likeness (QED) is 0.309. The number of thioether (sulfide) groups is 1. The lowest BCUT2D eigenvalue weighted by atomic mass is 10.1. The van der Waals surface area contributed by atoms with Crippen molar-refractivity contribution in [2.45, 2.75) is 24.8 Å². The second-order valence-corrected chi connectivity index (χ2v) is 6.15. The third-order valence-corrected chi connectivity index (χ3v) is 4.39. The summed E-state index contributed by atoms with van der Waals surface area (Å²) in [5.41, 5.74) is 5.24. The molecular weight excluding hydrogens is 324 g/mol. The van der Waals surface area contributed by atoms with Crippen LogP contribution in [0.15, 0.2) is 51.1 Å². The van der Waals surface area contributed by atoms with Crippen LogP contribution in [0.1, 0.15) is 22.6 Å². The number of rotatable bonds is 6. The molecule has 2 heterocycles. The van der Waals surface area contributed by atoms with E-state index in [0.717, 1.165) is 11.5 Å². The number of hydrogen-bond donors (Lipinski definition) is 2. The lowest BCUT2D eigenvalue weighted by molar-refractivity contribution is 0.528. The lowest BCUT2D eigenvalue weighted by Gasteiger charge is -2.05. The summed E-state index contributed by atoms with van der Waals surface area (Å²) >= 11 is 1.52. The van der Waals surface area contributed by atoms with E-state index in [1.54, 1.807) is 6.21 Å². The molecule has 0 saturated heterocycles. The minimum Gasteiger partial charge on any atom is -0.460 e. The highest BCUT2D eigenvalue weighted by molar-refractivity contribution is 7.98.